The molecule has 0 spiro atoms. The normalized spacial score (nSPS) is 17.9. The number of rotatable bonds is 4. The van der Waals surface area contributed by atoms with E-state index >= 15 is 0 Å². The molecule has 3 aromatic rings. The van der Waals surface area contributed by atoms with E-state index in [-0.39, 0.29) is 28.9 Å². The van der Waals surface area contributed by atoms with Crippen LogP contribution in [0, 0.1) is 0 Å². The zero-order chi connectivity index (χ0) is 20.1. The van der Waals surface area contributed by atoms with E-state index in [4.69, 9.17) is 9.47 Å². The SMILES string of the molecule is COc1ncc(-c2cc(N3CC(F)(F)C(F)(F)C3)c3nccn3n2)c(OC)n1. The molecule has 0 amide bonds. The van der Waals surface area contributed by atoms with Crippen molar-refractivity contribution in [3.63, 3.8) is 0 Å². The minimum atomic E-state index is -4.15. The van der Waals surface area contributed by atoms with Gasteiger partial charge in [0.2, 0.25) is 5.88 Å². The Labute approximate surface area is 155 Å². The van der Waals surface area contributed by atoms with Gasteiger partial charge in [0, 0.05) is 18.6 Å². The van der Waals surface area contributed by atoms with Crippen LogP contribution in [-0.4, -0.2) is 63.7 Å². The van der Waals surface area contributed by atoms with Crippen molar-refractivity contribution in [3.05, 3.63) is 24.7 Å². The highest BCUT2D eigenvalue weighted by atomic mass is 19.3. The van der Waals surface area contributed by atoms with Gasteiger partial charge in [-0.25, -0.2) is 14.5 Å². The Kier molecular flexibility index (Phi) is 4.01. The van der Waals surface area contributed by atoms with Crippen molar-refractivity contribution >= 4 is 11.3 Å². The van der Waals surface area contributed by atoms with Crippen molar-refractivity contribution < 1.29 is 27.0 Å². The summed E-state index contributed by atoms with van der Waals surface area (Å²) in [6, 6.07) is 1.44. The fourth-order valence-electron chi connectivity index (χ4n) is 2.98. The molecule has 1 aliphatic rings. The molecule has 8 nitrogen and oxygen atoms in total. The van der Waals surface area contributed by atoms with Crippen molar-refractivity contribution in [2.24, 2.45) is 0 Å². The van der Waals surface area contributed by atoms with Crippen LogP contribution in [-0.2, 0) is 0 Å². The highest BCUT2D eigenvalue weighted by molar-refractivity contribution is 5.76. The number of hydrogen-bond donors (Lipinski definition) is 0. The second kappa shape index (κ2) is 6.17. The van der Waals surface area contributed by atoms with Gasteiger partial charge in [-0.3, -0.25) is 0 Å². The molecule has 0 saturated carbocycles. The Hall–Kier alpha value is -3.18. The summed E-state index contributed by atoms with van der Waals surface area (Å²) >= 11 is 0. The van der Waals surface area contributed by atoms with E-state index in [1.54, 1.807) is 0 Å². The van der Waals surface area contributed by atoms with Gasteiger partial charge in [0.15, 0.2) is 5.65 Å². The fourth-order valence-corrected chi connectivity index (χ4v) is 2.98. The number of alkyl halides is 4. The standard InChI is InChI=1S/C16H14F4N6O2/c1-27-13-9(6-22-14(23-13)28-2)10-5-11(12-21-3-4-26(12)24-10)25-7-15(17,18)16(19,20)8-25/h3-6H,7-8H2,1-2H3. The fraction of sp³-hybridized carbons (Fsp3) is 0.375. The van der Waals surface area contributed by atoms with Crippen LogP contribution in [0.15, 0.2) is 24.7 Å². The molecule has 3 aromatic heterocycles. The summed E-state index contributed by atoms with van der Waals surface area (Å²) in [4.78, 5) is 13.0. The molecule has 1 aliphatic heterocycles. The van der Waals surface area contributed by atoms with Crippen LogP contribution < -0.4 is 14.4 Å². The predicted octanol–water partition coefficient (Wildman–Crippen LogP) is 2.29. The average Bonchev–Trinajstić information content (AvgIpc) is 3.21. The van der Waals surface area contributed by atoms with Gasteiger partial charge in [0.05, 0.1) is 38.6 Å². The number of methoxy groups -OCH3 is 2. The van der Waals surface area contributed by atoms with Crippen LogP contribution in [0.1, 0.15) is 0 Å². The molecule has 12 heteroatoms. The molecule has 1 fully saturated rings. The number of halogens is 4. The largest absolute Gasteiger partial charge is 0.480 e. The van der Waals surface area contributed by atoms with Crippen LogP contribution >= 0.6 is 0 Å². The number of ether oxygens (including phenoxy) is 2. The van der Waals surface area contributed by atoms with Gasteiger partial charge in [-0.1, -0.05) is 0 Å². The minimum Gasteiger partial charge on any atom is -0.480 e. The van der Waals surface area contributed by atoms with Crippen LogP contribution in [0.2, 0.25) is 0 Å². The lowest BCUT2D eigenvalue weighted by Gasteiger charge is -2.19. The second-order valence-electron chi connectivity index (χ2n) is 6.15. The molecule has 0 bridgehead atoms. The van der Waals surface area contributed by atoms with Crippen LogP contribution in [0.3, 0.4) is 0 Å². The molecule has 0 atom stereocenters. The topological polar surface area (TPSA) is 77.7 Å². The lowest BCUT2D eigenvalue weighted by molar-refractivity contribution is -0.172. The van der Waals surface area contributed by atoms with Crippen LogP contribution in [0.25, 0.3) is 16.9 Å². The van der Waals surface area contributed by atoms with E-state index in [1.165, 1.54) is 43.4 Å². The monoisotopic (exact) mass is 398 g/mol. The first-order chi connectivity index (χ1) is 13.3. The Morgan fingerprint density at radius 2 is 1.75 bits per heavy atom. The number of aromatic nitrogens is 5. The zero-order valence-corrected chi connectivity index (χ0v) is 14.7. The molecule has 4 rings (SSSR count). The number of imidazole rings is 1. The van der Waals surface area contributed by atoms with Gasteiger partial charge in [0.25, 0.3) is 0 Å². The van der Waals surface area contributed by atoms with Crippen molar-refractivity contribution in [2.45, 2.75) is 11.8 Å². The lowest BCUT2D eigenvalue weighted by atomic mass is 10.2. The van der Waals surface area contributed by atoms with Gasteiger partial charge in [-0.15, -0.1) is 0 Å². The molecule has 148 valence electrons. The summed E-state index contributed by atoms with van der Waals surface area (Å²) in [7, 11) is 2.76. The Morgan fingerprint density at radius 1 is 1.04 bits per heavy atom. The second-order valence-corrected chi connectivity index (χ2v) is 6.15. The number of fused-ring (bicyclic) bond motifs is 1. The van der Waals surface area contributed by atoms with E-state index in [0.717, 1.165) is 4.90 Å². The molecule has 0 aromatic carbocycles. The van der Waals surface area contributed by atoms with E-state index in [0.29, 0.717) is 5.56 Å². The third kappa shape index (κ3) is 2.75. The summed E-state index contributed by atoms with van der Waals surface area (Å²) < 4.78 is 66.4. The quantitative estimate of drug-likeness (QED) is 0.624. The van der Waals surface area contributed by atoms with Gasteiger partial charge in [-0.2, -0.15) is 27.6 Å². The van der Waals surface area contributed by atoms with Gasteiger partial charge in [-0.05, 0) is 6.07 Å². The molecule has 0 unspecified atom stereocenters. The first kappa shape index (κ1) is 18.2. The van der Waals surface area contributed by atoms with Crippen molar-refractivity contribution in [1.29, 1.82) is 0 Å². The van der Waals surface area contributed by atoms with Crippen molar-refractivity contribution in [2.75, 3.05) is 32.2 Å². The molecule has 4 heterocycles. The summed E-state index contributed by atoms with van der Waals surface area (Å²) in [5.74, 6) is -8.18. The molecule has 0 aliphatic carbocycles. The molecule has 28 heavy (non-hydrogen) atoms. The summed E-state index contributed by atoms with van der Waals surface area (Å²) in [5, 5.41) is 4.33. The number of nitrogens with zero attached hydrogens (tertiary/aromatic N) is 6. The maximum absolute atomic E-state index is 13.7. The van der Waals surface area contributed by atoms with Gasteiger partial charge >= 0.3 is 17.9 Å². The molecule has 0 radical (unpaired) electrons. The maximum atomic E-state index is 13.7. The van der Waals surface area contributed by atoms with E-state index in [1.807, 2.05) is 0 Å². The molecular formula is C16H14F4N6O2. The predicted molar refractivity (Wildman–Crippen MR) is 89.2 cm³/mol. The lowest BCUT2D eigenvalue weighted by Crippen LogP contribution is -2.38. The average molecular weight is 398 g/mol. The summed E-state index contributed by atoms with van der Waals surface area (Å²) in [6.45, 7) is -2.27. The first-order valence-corrected chi connectivity index (χ1v) is 8.06. The van der Waals surface area contributed by atoms with Gasteiger partial charge in [0.1, 0.15) is 5.69 Å². The van der Waals surface area contributed by atoms with Crippen LogP contribution in [0.5, 0.6) is 11.9 Å². The van der Waals surface area contributed by atoms with E-state index in [2.05, 4.69) is 20.1 Å². The van der Waals surface area contributed by atoms with E-state index < -0.39 is 24.9 Å². The third-order valence-corrected chi connectivity index (χ3v) is 4.38. The number of anilines is 1. The number of hydrogen-bond acceptors (Lipinski definition) is 7. The zero-order valence-electron chi connectivity index (χ0n) is 14.7. The molecule has 0 N–H and O–H groups in total. The highest BCUT2D eigenvalue weighted by Crippen LogP contribution is 2.44. The summed E-state index contributed by atoms with van der Waals surface area (Å²) in [5.41, 5.74) is 0.826. The Balaban J connectivity index is 1.86. The maximum Gasteiger partial charge on any atom is 0.329 e. The van der Waals surface area contributed by atoms with E-state index in [9.17, 15) is 17.6 Å². The van der Waals surface area contributed by atoms with Gasteiger partial charge < -0.3 is 14.4 Å². The minimum absolute atomic E-state index is 0.0587. The van der Waals surface area contributed by atoms with Crippen molar-refractivity contribution in [1.82, 2.24) is 24.6 Å². The third-order valence-electron chi connectivity index (χ3n) is 4.38. The molecular weight excluding hydrogens is 384 g/mol. The highest BCUT2D eigenvalue weighted by Gasteiger charge is 2.63. The van der Waals surface area contributed by atoms with Crippen LogP contribution in [0.4, 0.5) is 23.2 Å². The molecule has 1 saturated heterocycles. The smallest absolute Gasteiger partial charge is 0.329 e. The first-order valence-electron chi connectivity index (χ1n) is 8.06. The Morgan fingerprint density at radius 3 is 2.39 bits per heavy atom. The summed E-state index contributed by atoms with van der Waals surface area (Å²) in [6.07, 6.45) is 4.25. The Bertz CT molecular complexity index is 1030. The van der Waals surface area contributed by atoms with Crippen molar-refractivity contribution in [3.8, 4) is 23.1 Å².